The summed E-state index contributed by atoms with van der Waals surface area (Å²) in [5, 5.41) is 0. The van der Waals surface area contributed by atoms with Gasteiger partial charge < -0.3 is 14.4 Å². The van der Waals surface area contributed by atoms with Gasteiger partial charge in [0.2, 0.25) is 0 Å². The van der Waals surface area contributed by atoms with Crippen LogP contribution >= 0.6 is 15.9 Å². The Labute approximate surface area is 128 Å². The summed E-state index contributed by atoms with van der Waals surface area (Å²) >= 11 is 3.62. The van der Waals surface area contributed by atoms with Gasteiger partial charge in [-0.1, -0.05) is 0 Å². The molecule has 0 aromatic carbocycles. The minimum absolute atomic E-state index is 0.282. The highest BCUT2D eigenvalue weighted by atomic mass is 79.9. The second kappa shape index (κ2) is 5.62. The molecule has 5 heteroatoms. The van der Waals surface area contributed by atoms with Crippen LogP contribution in [0.15, 0.2) is 16.7 Å². The number of hydrogen-bond donors (Lipinski definition) is 0. The number of aryl methyl sites for hydroxylation is 1. The molecule has 0 atom stereocenters. The molecule has 1 aromatic rings. The van der Waals surface area contributed by atoms with Crippen LogP contribution in [-0.2, 0) is 9.47 Å². The number of nitrogens with zero attached hydrogens (tertiary/aromatic N) is 2. The van der Waals surface area contributed by atoms with Crippen molar-refractivity contribution in [2.24, 2.45) is 0 Å². The molecule has 1 saturated carbocycles. The highest BCUT2D eigenvalue weighted by Gasteiger charge is 2.41. The van der Waals surface area contributed by atoms with Crippen molar-refractivity contribution in [1.29, 1.82) is 0 Å². The summed E-state index contributed by atoms with van der Waals surface area (Å²) in [5.41, 5.74) is 1.17. The van der Waals surface area contributed by atoms with Crippen molar-refractivity contribution in [2.45, 2.75) is 44.4 Å². The Balaban J connectivity index is 1.68. The molecule has 0 unspecified atom stereocenters. The van der Waals surface area contributed by atoms with Gasteiger partial charge in [-0.25, -0.2) is 4.98 Å². The van der Waals surface area contributed by atoms with Gasteiger partial charge in [0.15, 0.2) is 5.79 Å². The van der Waals surface area contributed by atoms with E-state index in [1.54, 1.807) is 0 Å². The Bertz CT molecular complexity index is 479. The molecule has 1 aromatic heterocycles. The van der Waals surface area contributed by atoms with Crippen LogP contribution in [-0.4, -0.2) is 37.1 Å². The minimum Gasteiger partial charge on any atom is -0.356 e. The normalized spacial score (nSPS) is 22.4. The first-order chi connectivity index (χ1) is 9.60. The predicted molar refractivity (Wildman–Crippen MR) is 82.0 cm³/mol. The van der Waals surface area contributed by atoms with Gasteiger partial charge in [-0.05, 0) is 47.3 Å². The molecule has 2 aliphatic rings. The maximum Gasteiger partial charge on any atom is 0.168 e. The second-order valence-corrected chi connectivity index (χ2v) is 6.62. The molecule has 2 fully saturated rings. The molecule has 3 rings (SSSR count). The summed E-state index contributed by atoms with van der Waals surface area (Å²) in [5.74, 6) is 0.736. The number of aromatic nitrogens is 1. The summed E-state index contributed by atoms with van der Waals surface area (Å²) in [6.07, 6.45) is 6.04. The SMILES string of the molecule is Cc1cnc(N(C)C2CCC3(CC2)OCCO3)c(Br)c1. The van der Waals surface area contributed by atoms with Crippen molar-refractivity contribution in [3.05, 3.63) is 22.3 Å². The van der Waals surface area contributed by atoms with E-state index in [0.717, 1.165) is 49.2 Å². The standard InChI is InChI=1S/C15H21BrN2O2/c1-11-9-13(16)14(17-10-11)18(2)12-3-5-15(6-4-12)19-7-8-20-15/h9-10,12H,3-8H2,1-2H3. The molecule has 0 radical (unpaired) electrons. The van der Waals surface area contributed by atoms with Crippen molar-refractivity contribution in [2.75, 3.05) is 25.2 Å². The van der Waals surface area contributed by atoms with E-state index in [1.165, 1.54) is 5.56 Å². The molecule has 110 valence electrons. The topological polar surface area (TPSA) is 34.6 Å². The Morgan fingerprint density at radius 2 is 1.95 bits per heavy atom. The summed E-state index contributed by atoms with van der Waals surface area (Å²) in [6.45, 7) is 3.54. The fourth-order valence-corrected chi connectivity index (χ4v) is 3.92. The number of rotatable bonds is 2. The van der Waals surface area contributed by atoms with Gasteiger partial charge in [0.25, 0.3) is 0 Å². The van der Waals surface area contributed by atoms with Crippen LogP contribution in [0.1, 0.15) is 31.2 Å². The maximum atomic E-state index is 5.79. The van der Waals surface area contributed by atoms with Gasteiger partial charge in [0, 0.05) is 32.1 Å². The van der Waals surface area contributed by atoms with Crippen LogP contribution in [0.3, 0.4) is 0 Å². The Morgan fingerprint density at radius 3 is 2.55 bits per heavy atom. The van der Waals surface area contributed by atoms with Gasteiger partial charge >= 0.3 is 0 Å². The van der Waals surface area contributed by atoms with Crippen LogP contribution in [0.4, 0.5) is 5.82 Å². The molecule has 1 spiro atoms. The summed E-state index contributed by atoms with van der Waals surface area (Å²) in [4.78, 5) is 6.84. The van der Waals surface area contributed by atoms with Crippen molar-refractivity contribution < 1.29 is 9.47 Å². The highest BCUT2D eigenvalue weighted by Crippen LogP contribution is 2.38. The first-order valence-corrected chi connectivity index (χ1v) is 8.02. The molecule has 20 heavy (non-hydrogen) atoms. The lowest BCUT2D eigenvalue weighted by Crippen LogP contribution is -2.43. The second-order valence-electron chi connectivity index (χ2n) is 5.77. The molecule has 1 saturated heterocycles. The maximum absolute atomic E-state index is 5.79. The zero-order valence-electron chi connectivity index (χ0n) is 12.1. The Morgan fingerprint density at radius 1 is 1.30 bits per heavy atom. The summed E-state index contributed by atoms with van der Waals surface area (Å²) in [6, 6.07) is 2.62. The van der Waals surface area contributed by atoms with Crippen LogP contribution in [0, 0.1) is 6.92 Å². The highest BCUT2D eigenvalue weighted by molar-refractivity contribution is 9.10. The average molecular weight is 341 g/mol. The number of hydrogen-bond acceptors (Lipinski definition) is 4. The lowest BCUT2D eigenvalue weighted by atomic mass is 9.89. The van der Waals surface area contributed by atoms with E-state index in [9.17, 15) is 0 Å². The van der Waals surface area contributed by atoms with Crippen molar-refractivity contribution in [3.8, 4) is 0 Å². The molecular formula is C15H21BrN2O2. The van der Waals surface area contributed by atoms with Gasteiger partial charge in [-0.3, -0.25) is 0 Å². The first kappa shape index (κ1) is 14.3. The number of ether oxygens (including phenoxy) is 2. The third kappa shape index (κ3) is 2.71. The molecule has 0 bridgehead atoms. The van der Waals surface area contributed by atoms with E-state index >= 15 is 0 Å². The molecular weight excluding hydrogens is 320 g/mol. The van der Waals surface area contributed by atoms with Crippen LogP contribution in [0.25, 0.3) is 0 Å². The molecule has 1 aliphatic heterocycles. The van der Waals surface area contributed by atoms with E-state index < -0.39 is 0 Å². The quantitative estimate of drug-likeness (QED) is 0.827. The fourth-order valence-electron chi connectivity index (χ4n) is 3.17. The van der Waals surface area contributed by atoms with Crippen LogP contribution in [0.5, 0.6) is 0 Å². The first-order valence-electron chi connectivity index (χ1n) is 7.23. The monoisotopic (exact) mass is 340 g/mol. The van der Waals surface area contributed by atoms with Gasteiger partial charge in [-0.15, -0.1) is 0 Å². The summed E-state index contributed by atoms with van der Waals surface area (Å²) < 4.78 is 12.6. The fraction of sp³-hybridized carbons (Fsp3) is 0.667. The van der Waals surface area contributed by atoms with E-state index in [1.807, 2.05) is 6.20 Å². The zero-order valence-corrected chi connectivity index (χ0v) is 13.6. The van der Waals surface area contributed by atoms with E-state index in [0.29, 0.717) is 6.04 Å². The van der Waals surface area contributed by atoms with Gasteiger partial charge in [0.05, 0.1) is 17.7 Å². The number of pyridine rings is 1. The van der Waals surface area contributed by atoms with Crippen molar-refractivity contribution in [1.82, 2.24) is 4.98 Å². The lowest BCUT2D eigenvalue weighted by Gasteiger charge is -2.39. The van der Waals surface area contributed by atoms with Crippen molar-refractivity contribution >= 4 is 21.7 Å². The summed E-state index contributed by atoms with van der Waals surface area (Å²) in [7, 11) is 2.13. The minimum atomic E-state index is -0.282. The Kier molecular flexibility index (Phi) is 4.02. The third-order valence-electron chi connectivity index (χ3n) is 4.37. The average Bonchev–Trinajstić information content (AvgIpc) is 2.87. The molecule has 4 nitrogen and oxygen atoms in total. The van der Waals surface area contributed by atoms with E-state index in [4.69, 9.17) is 9.47 Å². The molecule has 0 amide bonds. The van der Waals surface area contributed by atoms with Gasteiger partial charge in [-0.2, -0.15) is 0 Å². The van der Waals surface area contributed by atoms with E-state index in [2.05, 4.69) is 45.9 Å². The van der Waals surface area contributed by atoms with Crippen molar-refractivity contribution in [3.63, 3.8) is 0 Å². The third-order valence-corrected chi connectivity index (χ3v) is 4.95. The zero-order chi connectivity index (χ0) is 14.2. The smallest absolute Gasteiger partial charge is 0.168 e. The van der Waals surface area contributed by atoms with Crippen LogP contribution in [0.2, 0.25) is 0 Å². The largest absolute Gasteiger partial charge is 0.356 e. The molecule has 1 aliphatic carbocycles. The Hall–Kier alpha value is -0.650. The van der Waals surface area contributed by atoms with E-state index in [-0.39, 0.29) is 5.79 Å². The number of halogens is 1. The number of anilines is 1. The molecule has 0 N–H and O–H groups in total. The predicted octanol–water partition coefficient (Wildman–Crippen LogP) is 3.27. The molecule has 2 heterocycles. The lowest BCUT2D eigenvalue weighted by molar-refractivity contribution is -0.178. The van der Waals surface area contributed by atoms with Crippen LogP contribution < -0.4 is 4.90 Å². The van der Waals surface area contributed by atoms with Gasteiger partial charge in [0.1, 0.15) is 5.82 Å².